The Balaban J connectivity index is 1.67. The van der Waals surface area contributed by atoms with E-state index < -0.39 is 23.1 Å². The van der Waals surface area contributed by atoms with Gasteiger partial charge in [0.15, 0.2) is 12.4 Å². The van der Waals surface area contributed by atoms with Crippen molar-refractivity contribution >= 4 is 50.3 Å². The van der Waals surface area contributed by atoms with E-state index in [0.717, 1.165) is 22.9 Å². The van der Waals surface area contributed by atoms with Crippen LogP contribution in [0.4, 0.5) is 11.4 Å². The summed E-state index contributed by atoms with van der Waals surface area (Å²) in [6.07, 6.45) is 3.56. The zero-order chi connectivity index (χ0) is 30.2. The monoisotopic (exact) mass is 635 g/mol. The summed E-state index contributed by atoms with van der Waals surface area (Å²) in [4.78, 5) is 41.9. The number of nitro groups is 1. The highest BCUT2D eigenvalue weighted by Gasteiger charge is 2.23. The number of benzene rings is 3. The maximum atomic E-state index is 13.4. The number of amides is 1. The van der Waals surface area contributed by atoms with Crippen molar-refractivity contribution in [3.63, 3.8) is 0 Å². The quantitative estimate of drug-likeness (QED) is 0.114. The number of carbonyl (C=O) groups is 1. The molecule has 1 N–H and O–H groups in total. The molecule has 1 aromatic heterocycles. The van der Waals surface area contributed by atoms with Gasteiger partial charge >= 0.3 is 5.69 Å². The Bertz CT molecular complexity index is 1700. The number of anilines is 1. The first-order valence-electron chi connectivity index (χ1n) is 13.4. The Morgan fingerprint density at radius 1 is 1.14 bits per heavy atom. The number of hydrogen-bond donors (Lipinski definition) is 1. The van der Waals surface area contributed by atoms with E-state index in [2.05, 4.69) is 31.3 Å². The molecule has 218 valence electrons. The largest absolute Gasteiger partial charge is 0.490 e. The van der Waals surface area contributed by atoms with Gasteiger partial charge in [-0.2, -0.15) is 9.78 Å². The molecule has 0 spiro atoms. The lowest BCUT2D eigenvalue weighted by molar-refractivity contribution is -0.385. The zero-order valence-electron chi connectivity index (χ0n) is 23.4. The number of carbonyl (C=O) groups excluding carboxylic acids is 1. The van der Waals surface area contributed by atoms with Crippen LogP contribution in [0, 0.1) is 17.0 Å². The number of fused-ring (bicyclic) bond motifs is 1. The predicted octanol–water partition coefficient (Wildman–Crippen LogP) is 6.02. The molecular weight excluding hydrogens is 606 g/mol. The Morgan fingerprint density at radius 2 is 1.90 bits per heavy atom. The van der Waals surface area contributed by atoms with Gasteiger partial charge in [0.25, 0.3) is 11.5 Å². The van der Waals surface area contributed by atoms with Crippen LogP contribution < -0.4 is 20.3 Å². The van der Waals surface area contributed by atoms with Crippen LogP contribution in [0.3, 0.4) is 0 Å². The summed E-state index contributed by atoms with van der Waals surface area (Å²) in [6, 6.07) is 15.2. The highest BCUT2D eigenvalue weighted by molar-refractivity contribution is 9.10. The van der Waals surface area contributed by atoms with Crippen LogP contribution in [0.5, 0.6) is 11.5 Å². The fraction of sp³-hybridized carbons (Fsp3) is 0.267. The third-order valence-corrected chi connectivity index (χ3v) is 6.68. The van der Waals surface area contributed by atoms with Gasteiger partial charge < -0.3 is 14.8 Å². The van der Waals surface area contributed by atoms with Gasteiger partial charge in [-0.05, 0) is 56.7 Å². The Hall–Kier alpha value is -4.58. The summed E-state index contributed by atoms with van der Waals surface area (Å²) in [5, 5.41) is 19.5. The van der Waals surface area contributed by atoms with Gasteiger partial charge in [0, 0.05) is 28.2 Å². The number of nitrogens with one attached hydrogen (secondary N) is 1. The first kappa shape index (κ1) is 30.4. The van der Waals surface area contributed by atoms with Gasteiger partial charge in [-0.15, -0.1) is 0 Å². The molecule has 0 unspecified atom stereocenters. The van der Waals surface area contributed by atoms with Crippen molar-refractivity contribution < 1.29 is 19.2 Å². The number of aromatic nitrogens is 2. The van der Waals surface area contributed by atoms with E-state index in [1.54, 1.807) is 31.2 Å². The van der Waals surface area contributed by atoms with Crippen molar-refractivity contribution in [1.29, 1.82) is 0 Å². The normalized spacial score (nSPS) is 11.1. The summed E-state index contributed by atoms with van der Waals surface area (Å²) in [7, 11) is 0. The Kier molecular flexibility index (Phi) is 10.0. The number of nitro benzene ring substituents is 1. The first-order chi connectivity index (χ1) is 20.2. The van der Waals surface area contributed by atoms with Crippen molar-refractivity contribution in [2.45, 2.75) is 40.0 Å². The molecule has 0 saturated heterocycles. The van der Waals surface area contributed by atoms with E-state index in [1.165, 1.54) is 23.0 Å². The third-order valence-electron chi connectivity index (χ3n) is 6.19. The SMILES string of the molecule is CCCCc1nc2ccc(Br)cc2c(=O)n1N=Cc1cc(OCC)c(OCC(=O)Nc2ccc(C)cc2)c([N+](=O)[O-])c1. The van der Waals surface area contributed by atoms with Crippen LogP contribution in [0.2, 0.25) is 0 Å². The molecule has 0 aliphatic heterocycles. The lowest BCUT2D eigenvalue weighted by Gasteiger charge is -2.13. The smallest absolute Gasteiger partial charge is 0.315 e. The average molecular weight is 637 g/mol. The average Bonchev–Trinajstić information content (AvgIpc) is 2.96. The number of nitrogens with zero attached hydrogens (tertiary/aromatic N) is 4. The molecule has 0 atom stereocenters. The molecule has 0 fully saturated rings. The molecule has 0 bridgehead atoms. The minimum Gasteiger partial charge on any atom is -0.490 e. The van der Waals surface area contributed by atoms with Crippen LogP contribution in [0.15, 0.2) is 69.0 Å². The second-order valence-electron chi connectivity index (χ2n) is 9.41. The second kappa shape index (κ2) is 13.9. The number of halogens is 1. The molecule has 0 aliphatic rings. The molecule has 4 rings (SSSR count). The summed E-state index contributed by atoms with van der Waals surface area (Å²) in [5.74, 6) is -0.130. The fourth-order valence-electron chi connectivity index (χ4n) is 4.13. The molecule has 11 nitrogen and oxygen atoms in total. The Labute approximate surface area is 250 Å². The molecule has 4 aromatic rings. The predicted molar refractivity (Wildman–Crippen MR) is 165 cm³/mol. The van der Waals surface area contributed by atoms with Gasteiger partial charge in [0.2, 0.25) is 5.75 Å². The van der Waals surface area contributed by atoms with Crippen molar-refractivity contribution in [2.24, 2.45) is 5.10 Å². The maximum absolute atomic E-state index is 13.4. The van der Waals surface area contributed by atoms with E-state index >= 15 is 0 Å². The first-order valence-corrected chi connectivity index (χ1v) is 14.2. The third kappa shape index (κ3) is 7.38. The number of aryl methyl sites for hydroxylation is 2. The van der Waals surface area contributed by atoms with Crippen LogP contribution in [-0.4, -0.2) is 39.9 Å². The van der Waals surface area contributed by atoms with Gasteiger partial charge in [-0.25, -0.2) is 4.98 Å². The van der Waals surface area contributed by atoms with Crippen molar-refractivity contribution in [3.8, 4) is 11.5 Å². The molecular formula is C30H30BrN5O6. The Morgan fingerprint density at radius 3 is 2.60 bits per heavy atom. The van der Waals surface area contributed by atoms with Crippen molar-refractivity contribution in [1.82, 2.24) is 9.66 Å². The van der Waals surface area contributed by atoms with Crippen molar-refractivity contribution in [2.75, 3.05) is 18.5 Å². The van der Waals surface area contributed by atoms with Crippen LogP contribution in [-0.2, 0) is 11.2 Å². The van der Waals surface area contributed by atoms with E-state index in [-0.39, 0.29) is 23.7 Å². The summed E-state index contributed by atoms with van der Waals surface area (Å²) in [5.41, 5.74) is 1.70. The lowest BCUT2D eigenvalue weighted by Crippen LogP contribution is -2.22. The van der Waals surface area contributed by atoms with Crippen LogP contribution in [0.1, 0.15) is 43.6 Å². The van der Waals surface area contributed by atoms with E-state index in [0.29, 0.717) is 34.4 Å². The number of unbranched alkanes of at least 4 members (excludes halogenated alkanes) is 1. The minimum atomic E-state index is -0.624. The maximum Gasteiger partial charge on any atom is 0.315 e. The number of rotatable bonds is 12. The second-order valence-corrected chi connectivity index (χ2v) is 10.3. The molecule has 0 saturated carbocycles. The summed E-state index contributed by atoms with van der Waals surface area (Å²) < 4.78 is 13.2. The molecule has 12 heteroatoms. The number of ether oxygens (including phenoxy) is 2. The molecule has 3 aromatic carbocycles. The summed E-state index contributed by atoms with van der Waals surface area (Å²) in [6.45, 7) is 5.40. The molecule has 42 heavy (non-hydrogen) atoms. The van der Waals surface area contributed by atoms with Crippen LogP contribution in [0.25, 0.3) is 10.9 Å². The highest BCUT2D eigenvalue weighted by Crippen LogP contribution is 2.38. The standard InChI is InChI=1S/C30H30BrN5O6/c1-4-6-7-27-34-24-13-10-21(31)16-23(24)30(38)35(27)32-17-20-14-25(36(39)40)29(26(15-20)41-5-2)42-18-28(37)33-22-11-8-19(3)9-12-22/h8-17H,4-7,18H2,1-3H3,(H,33,37). The molecule has 0 radical (unpaired) electrons. The van der Waals surface area contributed by atoms with E-state index in [1.807, 2.05) is 32.0 Å². The lowest BCUT2D eigenvalue weighted by atomic mass is 10.2. The minimum absolute atomic E-state index is 0.0652. The van der Waals surface area contributed by atoms with Gasteiger partial charge in [-0.1, -0.05) is 47.0 Å². The topological polar surface area (TPSA) is 138 Å². The molecule has 1 amide bonds. The molecule has 0 aliphatic carbocycles. The van der Waals surface area contributed by atoms with Gasteiger partial charge in [0.1, 0.15) is 5.82 Å². The van der Waals surface area contributed by atoms with Crippen molar-refractivity contribution in [3.05, 3.63) is 96.5 Å². The van der Waals surface area contributed by atoms with E-state index in [9.17, 15) is 19.7 Å². The highest BCUT2D eigenvalue weighted by atomic mass is 79.9. The molecule has 1 heterocycles. The van der Waals surface area contributed by atoms with Crippen LogP contribution >= 0.6 is 15.9 Å². The number of hydrogen-bond acceptors (Lipinski definition) is 8. The van der Waals surface area contributed by atoms with Gasteiger partial charge in [-0.3, -0.25) is 19.7 Å². The van der Waals surface area contributed by atoms with E-state index in [4.69, 9.17) is 9.47 Å². The van der Waals surface area contributed by atoms with Gasteiger partial charge in [0.05, 0.1) is 28.6 Å². The summed E-state index contributed by atoms with van der Waals surface area (Å²) >= 11 is 3.39. The zero-order valence-corrected chi connectivity index (χ0v) is 25.0. The fourth-order valence-corrected chi connectivity index (χ4v) is 4.49.